The van der Waals surface area contributed by atoms with E-state index in [2.05, 4.69) is 31.1 Å². The Kier molecular flexibility index (Phi) is 14.2. The largest absolute Gasteiger partial charge is 0.493 e. The molecule has 0 aliphatic heterocycles. The van der Waals surface area contributed by atoms with Crippen LogP contribution in [0.4, 0.5) is 0 Å². The van der Waals surface area contributed by atoms with Gasteiger partial charge in [-0.05, 0) is 69.5 Å². The number of hydrogen-bond donors (Lipinski definition) is 0. The molecule has 0 amide bonds. The molecule has 5 heteroatoms. The van der Waals surface area contributed by atoms with Gasteiger partial charge in [0.1, 0.15) is 25.2 Å². The highest BCUT2D eigenvalue weighted by molar-refractivity contribution is 7.99. The Balaban J connectivity index is 2.11. The van der Waals surface area contributed by atoms with Crippen LogP contribution < -0.4 is 9.47 Å². The van der Waals surface area contributed by atoms with Crippen LogP contribution in [0.5, 0.6) is 11.5 Å². The fourth-order valence-corrected chi connectivity index (χ4v) is 3.95. The maximum absolute atomic E-state index is 6.06. The summed E-state index contributed by atoms with van der Waals surface area (Å²) in [7, 11) is 1.60. The molecule has 4 nitrogen and oxygen atoms in total. The Morgan fingerprint density at radius 1 is 1.00 bits per heavy atom. The maximum Gasteiger partial charge on any atom is 0.125 e. The van der Waals surface area contributed by atoms with Gasteiger partial charge >= 0.3 is 0 Å². The van der Waals surface area contributed by atoms with Gasteiger partial charge in [0.05, 0.1) is 12.3 Å². The van der Waals surface area contributed by atoms with Crippen LogP contribution in [0.15, 0.2) is 29.4 Å². The van der Waals surface area contributed by atoms with Gasteiger partial charge in [-0.1, -0.05) is 43.0 Å². The lowest BCUT2D eigenvalue weighted by Crippen LogP contribution is -2.02. The number of hydrogen-bond acceptors (Lipinski definition) is 5. The average Bonchev–Trinajstić information content (AvgIpc) is 2.68. The second-order valence-corrected chi connectivity index (χ2v) is 8.40. The third-order valence-electron chi connectivity index (χ3n) is 4.50. The second kappa shape index (κ2) is 16.2. The molecule has 0 saturated heterocycles. The molecule has 1 rings (SSSR count). The van der Waals surface area contributed by atoms with Crippen LogP contribution in [-0.4, -0.2) is 37.5 Å². The summed E-state index contributed by atoms with van der Waals surface area (Å²) in [6.45, 7) is 9.58. The Labute approximate surface area is 182 Å². The topological polar surface area (TPSA) is 40.0 Å². The third-order valence-corrected chi connectivity index (χ3v) is 5.70. The van der Waals surface area contributed by atoms with E-state index < -0.39 is 0 Å². The lowest BCUT2D eigenvalue weighted by molar-refractivity contribution is 0.213. The van der Waals surface area contributed by atoms with Crippen molar-refractivity contribution < 1.29 is 14.3 Å². The number of nitrogens with zero attached hydrogens (tertiary/aromatic N) is 1. The average molecular weight is 422 g/mol. The zero-order chi connectivity index (χ0) is 21.3. The normalized spacial score (nSPS) is 11.8. The molecule has 0 spiro atoms. The van der Waals surface area contributed by atoms with Gasteiger partial charge in [-0.25, -0.2) is 0 Å². The number of oxime groups is 1. The lowest BCUT2D eigenvalue weighted by Gasteiger charge is -2.14. The first-order valence-corrected chi connectivity index (χ1v) is 11.9. The van der Waals surface area contributed by atoms with E-state index in [1.54, 1.807) is 7.11 Å². The van der Waals surface area contributed by atoms with E-state index >= 15 is 0 Å². The summed E-state index contributed by atoms with van der Waals surface area (Å²) < 4.78 is 11.8. The summed E-state index contributed by atoms with van der Waals surface area (Å²) in [6.07, 6.45) is 11.5. The summed E-state index contributed by atoms with van der Waals surface area (Å²) in [5, 5.41) is 3.93. The molecule has 0 atom stereocenters. The van der Waals surface area contributed by atoms with Crippen LogP contribution in [0.25, 0.3) is 0 Å². The molecule has 1 aromatic carbocycles. The minimum absolute atomic E-state index is 0.607. The standard InChI is InChI=1S/C24H39NO3S/c1-6-7-14-27-23-17-20(2)24(21(3)18-23)28-15-12-10-8-9-11-13-16-29-19-22(4)25-26-5/h6-7,17-18H,8-16,19H2,1-5H3/b7-6+,25-22+. The number of thioether (sulfide) groups is 1. The van der Waals surface area contributed by atoms with Crippen LogP contribution in [0.2, 0.25) is 0 Å². The molecule has 0 N–H and O–H groups in total. The van der Waals surface area contributed by atoms with E-state index in [4.69, 9.17) is 14.3 Å². The molecule has 29 heavy (non-hydrogen) atoms. The van der Waals surface area contributed by atoms with Gasteiger partial charge < -0.3 is 14.3 Å². The minimum Gasteiger partial charge on any atom is -0.493 e. The molecule has 0 aliphatic rings. The van der Waals surface area contributed by atoms with Crippen LogP contribution in [-0.2, 0) is 4.84 Å². The van der Waals surface area contributed by atoms with E-state index in [-0.39, 0.29) is 0 Å². The zero-order valence-electron chi connectivity index (χ0n) is 19.0. The highest BCUT2D eigenvalue weighted by Crippen LogP contribution is 2.28. The van der Waals surface area contributed by atoms with Crippen molar-refractivity contribution in [3.8, 4) is 11.5 Å². The number of unbranched alkanes of at least 4 members (excludes halogenated alkanes) is 5. The highest BCUT2D eigenvalue weighted by Gasteiger charge is 2.07. The molecule has 0 radical (unpaired) electrons. The smallest absolute Gasteiger partial charge is 0.125 e. The number of aryl methyl sites for hydroxylation is 2. The maximum atomic E-state index is 6.06. The Bertz CT molecular complexity index is 606. The molecule has 0 saturated carbocycles. The molecule has 0 heterocycles. The molecule has 1 aromatic rings. The van der Waals surface area contributed by atoms with E-state index in [1.807, 2.05) is 37.8 Å². The number of ether oxygens (including phenoxy) is 2. The van der Waals surface area contributed by atoms with Crippen molar-refractivity contribution in [2.24, 2.45) is 5.16 Å². The molecule has 164 valence electrons. The predicted molar refractivity (Wildman–Crippen MR) is 127 cm³/mol. The summed E-state index contributed by atoms with van der Waals surface area (Å²) in [5.74, 6) is 4.08. The Morgan fingerprint density at radius 3 is 2.31 bits per heavy atom. The fraction of sp³-hybridized carbons (Fsp3) is 0.625. The first-order valence-electron chi connectivity index (χ1n) is 10.7. The van der Waals surface area contributed by atoms with E-state index in [0.29, 0.717) is 6.61 Å². The summed E-state index contributed by atoms with van der Waals surface area (Å²) in [5.41, 5.74) is 3.34. The molecular weight excluding hydrogens is 382 g/mol. The molecule has 0 bridgehead atoms. The summed E-state index contributed by atoms with van der Waals surface area (Å²) in [6, 6.07) is 4.12. The first kappa shape index (κ1) is 25.4. The van der Waals surface area contributed by atoms with Gasteiger partial charge in [-0.15, -0.1) is 0 Å². The molecule has 0 aromatic heterocycles. The molecule has 0 fully saturated rings. The Hall–Kier alpha value is -1.62. The molecular formula is C24H39NO3S. The molecule has 0 aliphatic carbocycles. The van der Waals surface area contributed by atoms with Crippen molar-refractivity contribution in [1.82, 2.24) is 0 Å². The predicted octanol–water partition coefficient (Wildman–Crippen LogP) is 6.73. The van der Waals surface area contributed by atoms with Crippen molar-refractivity contribution in [2.45, 2.75) is 66.2 Å². The monoisotopic (exact) mass is 421 g/mol. The quantitative estimate of drug-likeness (QED) is 0.128. The third kappa shape index (κ3) is 11.8. The van der Waals surface area contributed by atoms with E-state index in [0.717, 1.165) is 47.1 Å². The fourth-order valence-electron chi connectivity index (χ4n) is 3.05. The van der Waals surface area contributed by atoms with Gasteiger partial charge in [0.15, 0.2) is 0 Å². The number of allylic oxidation sites excluding steroid dienone is 1. The second-order valence-electron chi connectivity index (χ2n) is 7.30. The van der Waals surface area contributed by atoms with Crippen LogP contribution >= 0.6 is 11.8 Å². The summed E-state index contributed by atoms with van der Waals surface area (Å²) >= 11 is 1.94. The van der Waals surface area contributed by atoms with E-state index in [1.165, 1.54) is 37.9 Å². The lowest BCUT2D eigenvalue weighted by atomic mass is 10.1. The highest BCUT2D eigenvalue weighted by atomic mass is 32.2. The van der Waals surface area contributed by atoms with Gasteiger partial charge in [0.2, 0.25) is 0 Å². The van der Waals surface area contributed by atoms with Crippen LogP contribution in [0, 0.1) is 13.8 Å². The van der Waals surface area contributed by atoms with Crippen molar-refractivity contribution in [3.63, 3.8) is 0 Å². The van der Waals surface area contributed by atoms with Gasteiger partial charge in [-0.2, -0.15) is 11.8 Å². The summed E-state index contributed by atoms with van der Waals surface area (Å²) in [4.78, 5) is 4.77. The van der Waals surface area contributed by atoms with Crippen molar-refractivity contribution >= 4 is 17.5 Å². The van der Waals surface area contributed by atoms with Crippen molar-refractivity contribution in [2.75, 3.05) is 31.8 Å². The van der Waals surface area contributed by atoms with Gasteiger partial charge in [0.25, 0.3) is 0 Å². The number of rotatable bonds is 16. The SMILES string of the molecule is C/C=C/COc1cc(C)c(OCCCCCCCCSC/C(C)=N/OC)c(C)c1. The van der Waals surface area contributed by atoms with Crippen LogP contribution in [0.3, 0.4) is 0 Å². The van der Waals surface area contributed by atoms with E-state index in [9.17, 15) is 0 Å². The van der Waals surface area contributed by atoms with Crippen LogP contribution in [0.1, 0.15) is 63.5 Å². The van der Waals surface area contributed by atoms with Gasteiger partial charge in [0, 0.05) is 5.75 Å². The minimum atomic E-state index is 0.607. The van der Waals surface area contributed by atoms with Crippen molar-refractivity contribution in [3.05, 3.63) is 35.4 Å². The van der Waals surface area contributed by atoms with Gasteiger partial charge in [-0.3, -0.25) is 0 Å². The Morgan fingerprint density at radius 2 is 1.66 bits per heavy atom. The van der Waals surface area contributed by atoms with Crippen molar-refractivity contribution in [1.29, 1.82) is 0 Å². The molecule has 0 unspecified atom stereocenters. The zero-order valence-corrected chi connectivity index (χ0v) is 19.8. The number of benzene rings is 1. The first-order chi connectivity index (χ1) is 14.1.